The summed E-state index contributed by atoms with van der Waals surface area (Å²) in [5.74, 6) is -1.95. The van der Waals surface area contributed by atoms with Crippen molar-refractivity contribution in [3.8, 4) is 0 Å². The second-order valence-electron chi connectivity index (χ2n) is 5.54. The fourth-order valence-electron chi connectivity index (χ4n) is 2.65. The smallest absolute Gasteiger partial charge is 0.260 e. The van der Waals surface area contributed by atoms with Crippen LogP contribution in [0.3, 0.4) is 0 Å². The van der Waals surface area contributed by atoms with Crippen molar-refractivity contribution in [1.29, 1.82) is 0 Å². The van der Waals surface area contributed by atoms with E-state index in [0.717, 1.165) is 18.9 Å². The molecule has 1 aliphatic rings. The minimum absolute atomic E-state index is 0.0235. The second-order valence-corrected chi connectivity index (χ2v) is 5.54. The number of likely N-dealkylation sites (tertiary alicyclic amines) is 1. The van der Waals surface area contributed by atoms with Crippen molar-refractivity contribution in [1.82, 2.24) is 4.90 Å². The number of nitrogens with zero attached hydrogens (tertiary/aromatic N) is 1. The molecule has 2 N–H and O–H groups in total. The molecule has 2 unspecified atom stereocenters. The highest BCUT2D eigenvalue weighted by molar-refractivity contribution is 5.95. The van der Waals surface area contributed by atoms with Crippen LogP contribution in [0.4, 0.5) is 8.78 Å². The number of aryl methyl sites for hydroxylation is 1. The minimum Gasteiger partial charge on any atom is -0.335 e. The highest BCUT2D eigenvalue weighted by atomic mass is 19.1. The molecule has 0 aliphatic carbocycles. The minimum atomic E-state index is -0.805. The lowest BCUT2D eigenvalue weighted by molar-refractivity contribution is 0.0557. The Morgan fingerprint density at radius 3 is 2.75 bits per heavy atom. The van der Waals surface area contributed by atoms with Crippen molar-refractivity contribution in [3.05, 3.63) is 34.9 Å². The fraction of sp³-hybridized carbons (Fsp3) is 0.533. The van der Waals surface area contributed by atoms with E-state index in [1.807, 2.05) is 6.92 Å². The highest BCUT2D eigenvalue weighted by Gasteiger charge is 2.32. The third-order valence-electron chi connectivity index (χ3n) is 4.07. The zero-order chi connectivity index (χ0) is 14.9. The summed E-state index contributed by atoms with van der Waals surface area (Å²) in [5.41, 5.74) is 5.47. The molecule has 0 bridgehead atoms. The molecular weight excluding hydrogens is 262 g/mol. The molecule has 1 saturated heterocycles. The number of amides is 1. The molecule has 3 nitrogen and oxygen atoms in total. The van der Waals surface area contributed by atoms with Gasteiger partial charge in [-0.05, 0) is 50.8 Å². The number of halogens is 2. The summed E-state index contributed by atoms with van der Waals surface area (Å²) in [6.07, 6.45) is 1.75. The van der Waals surface area contributed by atoms with Gasteiger partial charge < -0.3 is 10.6 Å². The molecule has 1 aromatic carbocycles. The molecule has 1 fully saturated rings. The van der Waals surface area contributed by atoms with Gasteiger partial charge in [0.25, 0.3) is 5.91 Å². The predicted molar refractivity (Wildman–Crippen MR) is 73.4 cm³/mol. The monoisotopic (exact) mass is 282 g/mol. The van der Waals surface area contributed by atoms with Crippen LogP contribution >= 0.6 is 0 Å². The molecule has 0 saturated carbocycles. The van der Waals surface area contributed by atoms with E-state index in [9.17, 15) is 13.6 Å². The van der Waals surface area contributed by atoms with Crippen LogP contribution < -0.4 is 5.73 Å². The number of carbonyl (C=O) groups is 1. The second kappa shape index (κ2) is 5.87. The molecule has 1 aliphatic heterocycles. The summed E-state index contributed by atoms with van der Waals surface area (Å²) in [7, 11) is 0. The van der Waals surface area contributed by atoms with Crippen LogP contribution in [0.2, 0.25) is 0 Å². The number of piperidine rings is 1. The number of carbonyl (C=O) groups excluding carboxylic acids is 1. The van der Waals surface area contributed by atoms with Gasteiger partial charge in [0.05, 0.1) is 0 Å². The molecule has 5 heteroatoms. The van der Waals surface area contributed by atoms with Crippen LogP contribution in [0.1, 0.15) is 35.7 Å². The van der Waals surface area contributed by atoms with E-state index >= 15 is 0 Å². The first kappa shape index (κ1) is 14.9. The molecule has 110 valence electrons. The van der Waals surface area contributed by atoms with Gasteiger partial charge in [-0.25, -0.2) is 8.78 Å². The van der Waals surface area contributed by atoms with Gasteiger partial charge in [0.15, 0.2) is 0 Å². The molecule has 2 rings (SSSR count). The maximum Gasteiger partial charge on any atom is 0.260 e. The van der Waals surface area contributed by atoms with Crippen LogP contribution in [-0.4, -0.2) is 29.9 Å². The Balaban J connectivity index is 2.33. The Hall–Kier alpha value is -1.49. The maximum absolute atomic E-state index is 14.1. The molecule has 0 spiro atoms. The maximum atomic E-state index is 14.1. The van der Waals surface area contributed by atoms with Gasteiger partial charge in [-0.3, -0.25) is 4.79 Å². The first-order chi connectivity index (χ1) is 9.45. The van der Waals surface area contributed by atoms with Gasteiger partial charge in [0.2, 0.25) is 0 Å². The van der Waals surface area contributed by atoms with Crippen molar-refractivity contribution < 1.29 is 13.6 Å². The van der Waals surface area contributed by atoms with Gasteiger partial charge in [-0.1, -0.05) is 6.07 Å². The van der Waals surface area contributed by atoms with E-state index < -0.39 is 23.1 Å². The van der Waals surface area contributed by atoms with E-state index in [-0.39, 0.29) is 17.5 Å². The molecule has 1 heterocycles. The summed E-state index contributed by atoms with van der Waals surface area (Å²) < 4.78 is 27.9. The lowest BCUT2D eigenvalue weighted by Gasteiger charge is -2.37. The topological polar surface area (TPSA) is 46.3 Å². The molecule has 1 aromatic rings. The van der Waals surface area contributed by atoms with Crippen LogP contribution in [0.15, 0.2) is 12.1 Å². The van der Waals surface area contributed by atoms with Crippen molar-refractivity contribution in [2.75, 3.05) is 13.1 Å². The average Bonchev–Trinajstić information content (AvgIpc) is 2.43. The predicted octanol–water partition coefficient (Wildman–Crippen LogP) is 2.47. The van der Waals surface area contributed by atoms with Crippen molar-refractivity contribution in [2.45, 2.75) is 32.7 Å². The van der Waals surface area contributed by atoms with E-state index in [2.05, 4.69) is 0 Å². The van der Waals surface area contributed by atoms with E-state index in [0.29, 0.717) is 13.1 Å². The number of hydrogen-bond donors (Lipinski definition) is 1. The van der Waals surface area contributed by atoms with Crippen LogP contribution in [-0.2, 0) is 0 Å². The quantitative estimate of drug-likeness (QED) is 0.905. The fourth-order valence-corrected chi connectivity index (χ4v) is 2.65. The third kappa shape index (κ3) is 2.68. The number of hydrogen-bond acceptors (Lipinski definition) is 2. The van der Waals surface area contributed by atoms with Crippen LogP contribution in [0, 0.1) is 24.5 Å². The van der Waals surface area contributed by atoms with Gasteiger partial charge >= 0.3 is 0 Å². The largest absolute Gasteiger partial charge is 0.335 e. The molecule has 20 heavy (non-hydrogen) atoms. The normalized spacial score (nSPS) is 22.9. The lowest BCUT2D eigenvalue weighted by Crippen LogP contribution is -2.47. The summed E-state index contributed by atoms with van der Waals surface area (Å²) in [4.78, 5) is 14.0. The number of benzene rings is 1. The molecule has 0 aromatic heterocycles. The Kier molecular flexibility index (Phi) is 4.38. The Labute approximate surface area is 117 Å². The standard InChI is InChI=1S/C15H20F2N2O/c1-9-3-6-12(16)13(14(9)17)15(20)19-8-11(7-18)5-4-10(19)2/h3,6,10-11H,4-5,7-8,18H2,1-2H3. The Bertz CT molecular complexity index is 519. The SMILES string of the molecule is Cc1ccc(F)c(C(=O)N2CC(CN)CCC2C)c1F. The number of nitrogens with two attached hydrogens (primary N) is 1. The van der Waals surface area contributed by atoms with Crippen LogP contribution in [0.25, 0.3) is 0 Å². The Morgan fingerprint density at radius 2 is 2.10 bits per heavy atom. The first-order valence-corrected chi connectivity index (χ1v) is 6.91. The van der Waals surface area contributed by atoms with Crippen LogP contribution in [0.5, 0.6) is 0 Å². The highest BCUT2D eigenvalue weighted by Crippen LogP contribution is 2.25. The molecule has 1 amide bonds. The van der Waals surface area contributed by atoms with E-state index in [4.69, 9.17) is 5.73 Å². The van der Waals surface area contributed by atoms with Crippen molar-refractivity contribution in [3.63, 3.8) is 0 Å². The zero-order valence-corrected chi connectivity index (χ0v) is 11.8. The van der Waals surface area contributed by atoms with Gasteiger partial charge in [-0.2, -0.15) is 0 Å². The van der Waals surface area contributed by atoms with Gasteiger partial charge in [0, 0.05) is 12.6 Å². The summed E-state index contributed by atoms with van der Waals surface area (Å²) in [6, 6.07) is 2.45. The lowest BCUT2D eigenvalue weighted by atomic mass is 9.92. The molecule has 2 atom stereocenters. The Morgan fingerprint density at radius 1 is 1.40 bits per heavy atom. The van der Waals surface area contributed by atoms with Gasteiger partial charge in [0.1, 0.15) is 17.2 Å². The third-order valence-corrected chi connectivity index (χ3v) is 4.07. The number of rotatable bonds is 2. The summed E-state index contributed by atoms with van der Waals surface area (Å²) >= 11 is 0. The van der Waals surface area contributed by atoms with E-state index in [1.54, 1.807) is 4.90 Å². The van der Waals surface area contributed by atoms with Gasteiger partial charge in [-0.15, -0.1) is 0 Å². The molecule has 0 radical (unpaired) electrons. The molecular formula is C15H20F2N2O. The van der Waals surface area contributed by atoms with Crippen molar-refractivity contribution in [2.24, 2.45) is 11.7 Å². The summed E-state index contributed by atoms with van der Waals surface area (Å²) in [5, 5.41) is 0. The average molecular weight is 282 g/mol. The zero-order valence-electron chi connectivity index (χ0n) is 11.8. The van der Waals surface area contributed by atoms with Crippen molar-refractivity contribution >= 4 is 5.91 Å². The van der Waals surface area contributed by atoms with E-state index in [1.165, 1.54) is 13.0 Å². The first-order valence-electron chi connectivity index (χ1n) is 6.91. The summed E-state index contributed by atoms with van der Waals surface area (Å²) in [6.45, 7) is 4.36.